The van der Waals surface area contributed by atoms with E-state index in [1.54, 1.807) is 12.1 Å². The molecule has 0 unspecified atom stereocenters. The topological polar surface area (TPSA) is 18.5 Å². The second-order valence-corrected chi connectivity index (χ2v) is 4.51. The van der Waals surface area contributed by atoms with Gasteiger partial charge in [0, 0.05) is 10.0 Å². The Bertz CT molecular complexity index is 371. The summed E-state index contributed by atoms with van der Waals surface area (Å²) in [7, 11) is 0. The van der Waals surface area contributed by atoms with E-state index in [9.17, 15) is 4.39 Å². The highest BCUT2D eigenvalue weighted by atomic mass is 79.9. The van der Waals surface area contributed by atoms with Crippen molar-refractivity contribution in [2.24, 2.45) is 0 Å². The normalized spacial score (nSPS) is 14.6. The van der Waals surface area contributed by atoms with Crippen molar-refractivity contribution in [2.45, 2.75) is 19.5 Å². The first kappa shape index (κ1) is 9.77. The summed E-state index contributed by atoms with van der Waals surface area (Å²) in [6, 6.07) is 3.41. The summed E-state index contributed by atoms with van der Waals surface area (Å²) in [5.41, 5.74) is -0.818. The van der Waals surface area contributed by atoms with E-state index in [-0.39, 0.29) is 6.79 Å². The molecule has 0 aromatic heterocycles. The lowest BCUT2D eigenvalue weighted by molar-refractivity contribution is 0.173. The number of benzene rings is 1. The van der Waals surface area contributed by atoms with Gasteiger partial charge in [0.25, 0.3) is 0 Å². The van der Waals surface area contributed by atoms with Crippen molar-refractivity contribution in [3.8, 4) is 11.5 Å². The van der Waals surface area contributed by atoms with E-state index in [4.69, 9.17) is 9.47 Å². The largest absolute Gasteiger partial charge is 0.454 e. The van der Waals surface area contributed by atoms with Gasteiger partial charge in [-0.05, 0) is 26.0 Å². The Morgan fingerprint density at radius 1 is 1.29 bits per heavy atom. The maximum atomic E-state index is 13.7. The number of fused-ring (bicyclic) bond motifs is 1. The van der Waals surface area contributed by atoms with Crippen LogP contribution in [-0.2, 0) is 5.67 Å². The Balaban J connectivity index is 2.53. The minimum Gasteiger partial charge on any atom is -0.454 e. The first-order valence-corrected chi connectivity index (χ1v) is 5.06. The molecule has 1 aromatic rings. The van der Waals surface area contributed by atoms with Crippen molar-refractivity contribution in [2.75, 3.05) is 6.79 Å². The molecule has 0 saturated heterocycles. The molecule has 1 heterocycles. The molecule has 0 radical (unpaired) electrons. The predicted molar refractivity (Wildman–Crippen MR) is 54.4 cm³/mol. The minimum atomic E-state index is -1.39. The van der Waals surface area contributed by atoms with Crippen LogP contribution in [0.3, 0.4) is 0 Å². The quantitative estimate of drug-likeness (QED) is 0.771. The zero-order chi connectivity index (χ0) is 10.3. The molecule has 0 atom stereocenters. The van der Waals surface area contributed by atoms with Crippen LogP contribution in [0.1, 0.15) is 19.4 Å². The van der Waals surface area contributed by atoms with Crippen LogP contribution in [-0.4, -0.2) is 6.79 Å². The number of halogens is 2. The van der Waals surface area contributed by atoms with Crippen LogP contribution < -0.4 is 9.47 Å². The average Bonchev–Trinajstić information content (AvgIpc) is 2.47. The Morgan fingerprint density at radius 2 is 1.86 bits per heavy atom. The highest BCUT2D eigenvalue weighted by molar-refractivity contribution is 9.10. The molecule has 0 aliphatic carbocycles. The van der Waals surface area contributed by atoms with Crippen LogP contribution in [0.25, 0.3) is 0 Å². The fraction of sp³-hybridized carbons (Fsp3) is 0.400. The summed E-state index contributed by atoms with van der Waals surface area (Å²) in [5, 5.41) is 0. The molecular weight excluding hydrogens is 251 g/mol. The van der Waals surface area contributed by atoms with Crippen molar-refractivity contribution < 1.29 is 13.9 Å². The van der Waals surface area contributed by atoms with Crippen LogP contribution in [0, 0.1) is 0 Å². The number of alkyl halides is 1. The van der Waals surface area contributed by atoms with Crippen molar-refractivity contribution >= 4 is 15.9 Å². The van der Waals surface area contributed by atoms with Crippen LogP contribution in [0.15, 0.2) is 16.6 Å². The fourth-order valence-corrected chi connectivity index (χ4v) is 2.17. The van der Waals surface area contributed by atoms with Gasteiger partial charge in [0.2, 0.25) is 6.79 Å². The standard InChI is InChI=1S/C10H10BrFO2/c1-10(2,12)6-3-8-9(4-7(6)11)14-5-13-8/h3-4H,5H2,1-2H3. The molecule has 0 N–H and O–H groups in total. The summed E-state index contributed by atoms with van der Waals surface area (Å²) >= 11 is 3.31. The molecule has 2 nitrogen and oxygen atoms in total. The molecule has 0 spiro atoms. The summed E-state index contributed by atoms with van der Waals surface area (Å²) in [5.74, 6) is 1.26. The first-order valence-electron chi connectivity index (χ1n) is 4.27. The predicted octanol–water partition coefficient (Wildman–Crippen LogP) is 3.38. The van der Waals surface area contributed by atoms with Crippen LogP contribution in [0.4, 0.5) is 4.39 Å². The van der Waals surface area contributed by atoms with E-state index in [0.717, 1.165) is 0 Å². The third-order valence-electron chi connectivity index (χ3n) is 2.10. The van der Waals surface area contributed by atoms with Gasteiger partial charge in [-0.2, -0.15) is 0 Å². The second-order valence-electron chi connectivity index (χ2n) is 3.66. The van der Waals surface area contributed by atoms with Crippen molar-refractivity contribution in [3.05, 3.63) is 22.2 Å². The fourth-order valence-electron chi connectivity index (χ4n) is 1.37. The minimum absolute atomic E-state index is 0.206. The van der Waals surface area contributed by atoms with Gasteiger partial charge in [-0.3, -0.25) is 0 Å². The number of rotatable bonds is 1. The van der Waals surface area contributed by atoms with Gasteiger partial charge in [0.15, 0.2) is 11.5 Å². The monoisotopic (exact) mass is 260 g/mol. The maximum absolute atomic E-state index is 13.7. The Morgan fingerprint density at radius 3 is 2.43 bits per heavy atom. The lowest BCUT2D eigenvalue weighted by Crippen LogP contribution is -2.09. The Hall–Kier alpha value is -0.770. The molecule has 0 saturated carbocycles. The Kier molecular flexibility index (Phi) is 2.18. The molecule has 76 valence electrons. The summed E-state index contributed by atoms with van der Waals surface area (Å²) in [6.07, 6.45) is 0. The Labute approximate surface area is 90.1 Å². The van der Waals surface area contributed by atoms with Crippen molar-refractivity contribution in [1.29, 1.82) is 0 Å². The molecule has 1 aliphatic rings. The van der Waals surface area contributed by atoms with E-state index in [2.05, 4.69) is 15.9 Å². The number of hydrogen-bond acceptors (Lipinski definition) is 2. The van der Waals surface area contributed by atoms with Gasteiger partial charge < -0.3 is 9.47 Å². The van der Waals surface area contributed by atoms with Crippen molar-refractivity contribution in [1.82, 2.24) is 0 Å². The highest BCUT2D eigenvalue weighted by Crippen LogP contribution is 2.41. The molecule has 0 fully saturated rings. The second kappa shape index (κ2) is 3.12. The number of hydrogen-bond donors (Lipinski definition) is 0. The van der Waals surface area contributed by atoms with Gasteiger partial charge in [-0.15, -0.1) is 0 Å². The van der Waals surface area contributed by atoms with E-state index < -0.39 is 5.67 Å². The molecule has 4 heteroatoms. The molecule has 14 heavy (non-hydrogen) atoms. The zero-order valence-electron chi connectivity index (χ0n) is 7.93. The zero-order valence-corrected chi connectivity index (χ0v) is 9.52. The van der Waals surface area contributed by atoms with E-state index in [1.807, 2.05) is 0 Å². The average molecular weight is 261 g/mol. The van der Waals surface area contributed by atoms with E-state index in [0.29, 0.717) is 21.5 Å². The van der Waals surface area contributed by atoms with E-state index >= 15 is 0 Å². The molecule has 1 aliphatic heterocycles. The van der Waals surface area contributed by atoms with Crippen LogP contribution >= 0.6 is 15.9 Å². The molecule has 2 rings (SSSR count). The molecule has 0 bridgehead atoms. The lowest BCUT2D eigenvalue weighted by atomic mass is 10.00. The first-order chi connectivity index (χ1) is 6.48. The van der Waals surface area contributed by atoms with Gasteiger partial charge in [-0.25, -0.2) is 4.39 Å². The molecular formula is C10H10BrFO2. The molecule has 1 aromatic carbocycles. The maximum Gasteiger partial charge on any atom is 0.231 e. The third-order valence-corrected chi connectivity index (χ3v) is 2.76. The van der Waals surface area contributed by atoms with Gasteiger partial charge in [0.05, 0.1) is 0 Å². The van der Waals surface area contributed by atoms with Crippen molar-refractivity contribution in [3.63, 3.8) is 0 Å². The van der Waals surface area contributed by atoms with Gasteiger partial charge in [0.1, 0.15) is 5.67 Å². The SMILES string of the molecule is CC(C)(F)c1cc2c(cc1Br)OCO2. The third kappa shape index (κ3) is 1.59. The summed E-state index contributed by atoms with van der Waals surface area (Å²) < 4.78 is 24.8. The van der Waals surface area contributed by atoms with Gasteiger partial charge in [-0.1, -0.05) is 15.9 Å². The number of ether oxygens (including phenoxy) is 2. The summed E-state index contributed by atoms with van der Waals surface area (Å²) in [4.78, 5) is 0. The highest BCUT2D eigenvalue weighted by Gasteiger charge is 2.26. The lowest BCUT2D eigenvalue weighted by Gasteiger charge is -2.16. The van der Waals surface area contributed by atoms with E-state index in [1.165, 1.54) is 13.8 Å². The van der Waals surface area contributed by atoms with Crippen LogP contribution in [0.2, 0.25) is 0 Å². The smallest absolute Gasteiger partial charge is 0.231 e. The van der Waals surface area contributed by atoms with Gasteiger partial charge >= 0.3 is 0 Å². The van der Waals surface area contributed by atoms with Crippen LogP contribution in [0.5, 0.6) is 11.5 Å². The summed E-state index contributed by atoms with van der Waals surface area (Å²) in [6.45, 7) is 3.22. The molecule has 0 amide bonds.